The van der Waals surface area contributed by atoms with E-state index in [0.717, 1.165) is 16.6 Å². The van der Waals surface area contributed by atoms with E-state index < -0.39 is 6.10 Å². The first-order valence-electron chi connectivity index (χ1n) is 6.38. The second kappa shape index (κ2) is 4.86. The van der Waals surface area contributed by atoms with Crippen LogP contribution in [0.3, 0.4) is 0 Å². The minimum Gasteiger partial charge on any atom is -0.388 e. The third-order valence-corrected chi connectivity index (χ3v) is 3.33. The zero-order valence-corrected chi connectivity index (χ0v) is 10.8. The van der Waals surface area contributed by atoms with Crippen LogP contribution in [0.2, 0.25) is 0 Å². The summed E-state index contributed by atoms with van der Waals surface area (Å²) in [5, 5.41) is 16.9. The van der Waals surface area contributed by atoms with Gasteiger partial charge in [0, 0.05) is 19.7 Å². The van der Waals surface area contributed by atoms with E-state index in [1.165, 1.54) is 5.39 Å². The van der Waals surface area contributed by atoms with Crippen LogP contribution in [-0.4, -0.2) is 14.9 Å². The SMILES string of the molecule is Cn1ccc(CC(O)c2ccc3ccccc3c2)n1. The molecule has 0 amide bonds. The molecule has 1 unspecified atom stereocenters. The molecule has 3 nitrogen and oxygen atoms in total. The Bertz CT molecular complexity index is 703. The second-order valence-electron chi connectivity index (χ2n) is 4.81. The molecular weight excluding hydrogens is 236 g/mol. The minimum absolute atomic E-state index is 0.514. The Morgan fingerprint density at radius 2 is 1.89 bits per heavy atom. The number of aryl methyl sites for hydroxylation is 1. The van der Waals surface area contributed by atoms with E-state index in [1.54, 1.807) is 4.68 Å². The first kappa shape index (κ1) is 11.9. The van der Waals surface area contributed by atoms with Crippen molar-refractivity contribution in [3.8, 4) is 0 Å². The van der Waals surface area contributed by atoms with Gasteiger partial charge in [0.2, 0.25) is 0 Å². The maximum Gasteiger partial charge on any atom is 0.0846 e. The van der Waals surface area contributed by atoms with Crippen molar-refractivity contribution in [3.63, 3.8) is 0 Å². The lowest BCUT2D eigenvalue weighted by atomic mass is 10.0. The van der Waals surface area contributed by atoms with Gasteiger partial charge in [0.1, 0.15) is 0 Å². The van der Waals surface area contributed by atoms with E-state index in [9.17, 15) is 5.11 Å². The monoisotopic (exact) mass is 252 g/mol. The summed E-state index contributed by atoms with van der Waals surface area (Å²) in [5.41, 5.74) is 1.84. The van der Waals surface area contributed by atoms with Gasteiger partial charge < -0.3 is 5.11 Å². The zero-order valence-electron chi connectivity index (χ0n) is 10.8. The summed E-state index contributed by atoms with van der Waals surface area (Å²) in [5.74, 6) is 0. The maximum absolute atomic E-state index is 10.3. The third kappa shape index (κ3) is 2.51. The Kier molecular flexibility index (Phi) is 3.05. The van der Waals surface area contributed by atoms with Crippen LogP contribution in [0.25, 0.3) is 10.8 Å². The van der Waals surface area contributed by atoms with Gasteiger partial charge in [0.05, 0.1) is 11.8 Å². The molecule has 0 fully saturated rings. The summed E-state index contributed by atoms with van der Waals surface area (Å²) in [6.45, 7) is 0. The molecule has 96 valence electrons. The molecule has 0 saturated heterocycles. The number of rotatable bonds is 3. The first-order chi connectivity index (χ1) is 9.22. The molecule has 3 rings (SSSR count). The van der Waals surface area contributed by atoms with Gasteiger partial charge >= 0.3 is 0 Å². The molecule has 0 saturated carbocycles. The minimum atomic E-state index is -0.514. The molecule has 3 heteroatoms. The van der Waals surface area contributed by atoms with E-state index in [1.807, 2.05) is 49.6 Å². The molecule has 1 heterocycles. The molecule has 0 radical (unpaired) electrons. The van der Waals surface area contributed by atoms with Crippen molar-refractivity contribution in [3.05, 3.63) is 66.0 Å². The van der Waals surface area contributed by atoms with Crippen molar-refractivity contribution in [1.29, 1.82) is 0 Å². The summed E-state index contributed by atoms with van der Waals surface area (Å²) in [4.78, 5) is 0. The van der Waals surface area contributed by atoms with E-state index in [2.05, 4.69) is 17.2 Å². The number of aromatic nitrogens is 2. The van der Waals surface area contributed by atoms with Crippen molar-refractivity contribution < 1.29 is 5.11 Å². The fourth-order valence-corrected chi connectivity index (χ4v) is 2.30. The number of hydrogen-bond acceptors (Lipinski definition) is 2. The van der Waals surface area contributed by atoms with Crippen LogP contribution in [0.4, 0.5) is 0 Å². The number of fused-ring (bicyclic) bond motifs is 1. The highest BCUT2D eigenvalue weighted by molar-refractivity contribution is 5.83. The molecule has 1 atom stereocenters. The van der Waals surface area contributed by atoms with E-state index in [4.69, 9.17) is 0 Å². The van der Waals surface area contributed by atoms with Crippen LogP contribution >= 0.6 is 0 Å². The van der Waals surface area contributed by atoms with Gasteiger partial charge in [-0.25, -0.2) is 0 Å². The van der Waals surface area contributed by atoms with Crippen molar-refractivity contribution in [1.82, 2.24) is 9.78 Å². The van der Waals surface area contributed by atoms with Crippen LogP contribution < -0.4 is 0 Å². The Hall–Kier alpha value is -2.13. The smallest absolute Gasteiger partial charge is 0.0846 e. The lowest BCUT2D eigenvalue weighted by molar-refractivity contribution is 0.177. The molecular formula is C16H16N2O. The number of aliphatic hydroxyl groups excluding tert-OH is 1. The Morgan fingerprint density at radius 1 is 1.11 bits per heavy atom. The summed E-state index contributed by atoms with van der Waals surface area (Å²) in [7, 11) is 1.88. The second-order valence-corrected chi connectivity index (χ2v) is 4.81. The molecule has 0 aliphatic carbocycles. The van der Waals surface area contributed by atoms with Crippen LogP contribution in [-0.2, 0) is 13.5 Å². The number of aliphatic hydroxyl groups is 1. The van der Waals surface area contributed by atoms with Crippen molar-refractivity contribution in [2.75, 3.05) is 0 Å². The maximum atomic E-state index is 10.3. The van der Waals surface area contributed by atoms with E-state index >= 15 is 0 Å². The van der Waals surface area contributed by atoms with Crippen molar-refractivity contribution >= 4 is 10.8 Å². The quantitative estimate of drug-likeness (QED) is 0.778. The first-order valence-corrected chi connectivity index (χ1v) is 6.38. The lowest BCUT2D eigenvalue weighted by Gasteiger charge is -2.10. The summed E-state index contributed by atoms with van der Waals surface area (Å²) in [6.07, 6.45) is 1.92. The van der Waals surface area contributed by atoms with Crippen molar-refractivity contribution in [2.45, 2.75) is 12.5 Å². The van der Waals surface area contributed by atoms with E-state index in [0.29, 0.717) is 6.42 Å². The molecule has 0 spiro atoms. The molecule has 19 heavy (non-hydrogen) atoms. The van der Waals surface area contributed by atoms with Crippen molar-refractivity contribution in [2.24, 2.45) is 7.05 Å². The fraction of sp³-hybridized carbons (Fsp3) is 0.188. The fourth-order valence-electron chi connectivity index (χ4n) is 2.30. The standard InChI is InChI=1S/C16H16N2O/c1-18-9-8-15(17-18)11-16(19)14-7-6-12-4-2-3-5-13(12)10-14/h2-10,16,19H,11H2,1H3. The number of benzene rings is 2. The third-order valence-electron chi connectivity index (χ3n) is 3.33. The van der Waals surface area contributed by atoms with Crippen LogP contribution in [0, 0.1) is 0 Å². The number of hydrogen-bond donors (Lipinski definition) is 1. The zero-order chi connectivity index (χ0) is 13.2. The predicted octanol–water partition coefficient (Wildman–Crippen LogP) is 2.85. The normalized spacial score (nSPS) is 12.7. The highest BCUT2D eigenvalue weighted by Gasteiger charge is 2.10. The van der Waals surface area contributed by atoms with Gasteiger partial charge in [-0.15, -0.1) is 0 Å². The lowest BCUT2D eigenvalue weighted by Crippen LogP contribution is -2.03. The van der Waals surface area contributed by atoms with Crippen LogP contribution in [0.1, 0.15) is 17.4 Å². The van der Waals surface area contributed by atoms with Gasteiger partial charge in [-0.05, 0) is 28.5 Å². The van der Waals surface area contributed by atoms with Gasteiger partial charge in [0.25, 0.3) is 0 Å². The summed E-state index contributed by atoms with van der Waals surface area (Å²) in [6, 6.07) is 16.2. The highest BCUT2D eigenvalue weighted by atomic mass is 16.3. The molecule has 1 N–H and O–H groups in total. The molecule has 0 aliphatic heterocycles. The molecule has 2 aromatic carbocycles. The van der Waals surface area contributed by atoms with Gasteiger partial charge in [-0.3, -0.25) is 4.68 Å². The number of nitrogens with zero attached hydrogens (tertiary/aromatic N) is 2. The Morgan fingerprint density at radius 3 is 2.63 bits per heavy atom. The summed E-state index contributed by atoms with van der Waals surface area (Å²) < 4.78 is 1.75. The van der Waals surface area contributed by atoms with Crippen LogP contribution in [0.5, 0.6) is 0 Å². The van der Waals surface area contributed by atoms with Gasteiger partial charge in [-0.1, -0.05) is 36.4 Å². The molecule has 0 aliphatic rings. The Balaban J connectivity index is 1.86. The average molecular weight is 252 g/mol. The molecule has 0 bridgehead atoms. The summed E-state index contributed by atoms with van der Waals surface area (Å²) >= 11 is 0. The average Bonchev–Trinajstić information content (AvgIpc) is 2.83. The molecule has 3 aromatic rings. The predicted molar refractivity (Wildman–Crippen MR) is 75.8 cm³/mol. The van der Waals surface area contributed by atoms with Crippen LogP contribution in [0.15, 0.2) is 54.7 Å². The topological polar surface area (TPSA) is 38.0 Å². The Labute approximate surface area is 112 Å². The van der Waals surface area contributed by atoms with Gasteiger partial charge in [-0.2, -0.15) is 5.10 Å². The largest absolute Gasteiger partial charge is 0.388 e. The van der Waals surface area contributed by atoms with E-state index in [-0.39, 0.29) is 0 Å². The molecule has 1 aromatic heterocycles. The van der Waals surface area contributed by atoms with Gasteiger partial charge in [0.15, 0.2) is 0 Å². The highest BCUT2D eigenvalue weighted by Crippen LogP contribution is 2.22.